The highest BCUT2D eigenvalue weighted by Crippen LogP contribution is 2.30. The molecule has 1 aliphatic heterocycles. The Labute approximate surface area is 204 Å². The van der Waals surface area contributed by atoms with Gasteiger partial charge in [-0.15, -0.1) is 0 Å². The quantitative estimate of drug-likeness (QED) is 0.659. The maximum atomic E-state index is 13.3. The van der Waals surface area contributed by atoms with E-state index in [9.17, 15) is 18.8 Å². The van der Waals surface area contributed by atoms with E-state index in [0.717, 1.165) is 25.7 Å². The summed E-state index contributed by atoms with van der Waals surface area (Å²) in [6.07, 6.45) is 3.12. The third-order valence-corrected chi connectivity index (χ3v) is 6.83. The van der Waals surface area contributed by atoms with Crippen molar-refractivity contribution in [1.29, 1.82) is 0 Å². The van der Waals surface area contributed by atoms with E-state index in [1.54, 1.807) is 29.2 Å². The lowest BCUT2D eigenvalue weighted by Gasteiger charge is -2.43. The summed E-state index contributed by atoms with van der Waals surface area (Å²) in [6, 6.07) is 13.5. The molecule has 1 heterocycles. The van der Waals surface area contributed by atoms with Gasteiger partial charge in [-0.05, 0) is 42.7 Å². The largest absolute Gasteiger partial charge is 0.415 e. The maximum Gasteiger partial charge on any atom is 0.415 e. The Balaban J connectivity index is 1.35. The molecule has 2 aliphatic rings. The lowest BCUT2D eigenvalue weighted by atomic mass is 9.82. The van der Waals surface area contributed by atoms with Gasteiger partial charge in [0.05, 0.1) is 5.92 Å². The molecule has 2 fully saturated rings. The highest BCUT2D eigenvalue weighted by molar-refractivity contribution is 5.88. The molecular formula is C26H31FN4O4. The van der Waals surface area contributed by atoms with Gasteiger partial charge in [0.25, 0.3) is 0 Å². The van der Waals surface area contributed by atoms with Gasteiger partial charge in [-0.25, -0.2) is 9.18 Å². The third-order valence-electron chi connectivity index (χ3n) is 6.83. The Morgan fingerprint density at radius 3 is 2.26 bits per heavy atom. The zero-order chi connectivity index (χ0) is 24.8. The van der Waals surface area contributed by atoms with E-state index in [4.69, 9.17) is 10.5 Å². The lowest BCUT2D eigenvalue weighted by Crippen LogP contribution is -2.57. The average molecular weight is 483 g/mol. The molecule has 4 rings (SSSR count). The van der Waals surface area contributed by atoms with Crippen LogP contribution in [0.1, 0.15) is 37.3 Å². The number of piperazine rings is 1. The number of carbonyl (C=O) groups is 3. The van der Waals surface area contributed by atoms with E-state index in [2.05, 4.69) is 10.2 Å². The number of hydrogen-bond donors (Lipinski definition) is 2. The number of halogens is 1. The molecule has 2 aromatic rings. The van der Waals surface area contributed by atoms with Crippen LogP contribution in [-0.4, -0.2) is 59.9 Å². The van der Waals surface area contributed by atoms with Gasteiger partial charge in [-0.1, -0.05) is 43.2 Å². The molecule has 3 atom stereocenters. The van der Waals surface area contributed by atoms with Crippen LogP contribution in [-0.2, 0) is 9.59 Å². The summed E-state index contributed by atoms with van der Waals surface area (Å²) in [4.78, 5) is 41.7. The minimum atomic E-state index is -0.871. The van der Waals surface area contributed by atoms with Crippen molar-refractivity contribution in [3.05, 3.63) is 66.0 Å². The molecule has 2 aromatic carbocycles. The van der Waals surface area contributed by atoms with Crippen molar-refractivity contribution in [3.63, 3.8) is 0 Å². The summed E-state index contributed by atoms with van der Waals surface area (Å²) < 4.78 is 18.4. The van der Waals surface area contributed by atoms with Crippen molar-refractivity contribution < 1.29 is 23.5 Å². The molecule has 0 aromatic heterocycles. The van der Waals surface area contributed by atoms with Gasteiger partial charge in [0, 0.05) is 32.2 Å². The Morgan fingerprint density at radius 2 is 1.60 bits per heavy atom. The Morgan fingerprint density at radius 1 is 0.943 bits per heavy atom. The van der Waals surface area contributed by atoms with Crippen LogP contribution in [0.3, 0.4) is 0 Å². The maximum absolute atomic E-state index is 13.3. The summed E-state index contributed by atoms with van der Waals surface area (Å²) in [7, 11) is 0. The first-order valence-electron chi connectivity index (χ1n) is 12.0. The van der Waals surface area contributed by atoms with E-state index in [1.807, 2.05) is 6.07 Å². The van der Waals surface area contributed by atoms with Crippen LogP contribution in [0.25, 0.3) is 0 Å². The predicted octanol–water partition coefficient (Wildman–Crippen LogP) is 2.84. The monoisotopic (exact) mass is 482 g/mol. The minimum Gasteiger partial charge on any atom is -0.410 e. The first-order chi connectivity index (χ1) is 16.9. The number of ether oxygens (including phenoxy) is 1. The number of primary amides is 1. The topological polar surface area (TPSA) is 105 Å². The van der Waals surface area contributed by atoms with E-state index in [-0.39, 0.29) is 17.9 Å². The molecule has 0 unspecified atom stereocenters. The van der Waals surface area contributed by atoms with Gasteiger partial charge in [-0.2, -0.15) is 0 Å². The van der Waals surface area contributed by atoms with E-state index in [0.29, 0.717) is 37.5 Å². The van der Waals surface area contributed by atoms with Gasteiger partial charge < -0.3 is 20.7 Å². The molecule has 8 nitrogen and oxygen atoms in total. The normalized spacial score (nSPS) is 21.7. The van der Waals surface area contributed by atoms with Crippen LogP contribution in [0.2, 0.25) is 0 Å². The van der Waals surface area contributed by atoms with Crippen LogP contribution in [0.15, 0.2) is 54.6 Å². The third kappa shape index (κ3) is 6.16. The van der Waals surface area contributed by atoms with Gasteiger partial charge in [0.1, 0.15) is 17.6 Å². The summed E-state index contributed by atoms with van der Waals surface area (Å²) in [5, 5.41) is 2.88. The number of carbonyl (C=O) groups excluding carboxylic acids is 3. The number of nitrogens with zero attached hydrogens (tertiary/aromatic N) is 2. The van der Waals surface area contributed by atoms with Crippen molar-refractivity contribution in [1.82, 2.24) is 15.1 Å². The zero-order valence-electron chi connectivity index (χ0n) is 19.6. The van der Waals surface area contributed by atoms with Crippen LogP contribution in [0, 0.1) is 11.7 Å². The van der Waals surface area contributed by atoms with Crippen LogP contribution >= 0.6 is 0 Å². The van der Waals surface area contributed by atoms with Crippen molar-refractivity contribution in [2.45, 2.75) is 37.8 Å². The van der Waals surface area contributed by atoms with Crippen LogP contribution in [0.5, 0.6) is 5.75 Å². The molecule has 1 saturated heterocycles. The number of amides is 3. The molecule has 186 valence electrons. The van der Waals surface area contributed by atoms with Gasteiger partial charge in [0.2, 0.25) is 11.8 Å². The zero-order valence-corrected chi connectivity index (χ0v) is 19.6. The summed E-state index contributed by atoms with van der Waals surface area (Å²) in [5.74, 6) is -1.11. The number of nitrogens with one attached hydrogen (secondary N) is 1. The van der Waals surface area contributed by atoms with Crippen LogP contribution < -0.4 is 15.8 Å². The van der Waals surface area contributed by atoms with Crippen molar-refractivity contribution in [2.24, 2.45) is 11.7 Å². The Kier molecular flexibility index (Phi) is 7.97. The second-order valence-electron chi connectivity index (χ2n) is 9.06. The molecule has 1 saturated carbocycles. The first-order valence-corrected chi connectivity index (χ1v) is 12.0. The molecule has 35 heavy (non-hydrogen) atoms. The Bertz CT molecular complexity index is 1030. The highest BCUT2D eigenvalue weighted by Gasteiger charge is 2.38. The minimum absolute atomic E-state index is 0.0309. The molecular weight excluding hydrogens is 451 g/mol. The van der Waals surface area contributed by atoms with Gasteiger partial charge in [0.15, 0.2) is 0 Å². The van der Waals surface area contributed by atoms with Gasteiger partial charge in [-0.3, -0.25) is 14.5 Å². The number of benzene rings is 2. The van der Waals surface area contributed by atoms with Gasteiger partial charge >= 0.3 is 6.09 Å². The number of hydrogen-bond acceptors (Lipinski definition) is 5. The summed E-state index contributed by atoms with van der Waals surface area (Å²) in [6.45, 7) is 2.17. The highest BCUT2D eigenvalue weighted by atomic mass is 19.1. The summed E-state index contributed by atoms with van der Waals surface area (Å²) in [5.41, 5.74) is 6.26. The van der Waals surface area contributed by atoms with Crippen molar-refractivity contribution in [2.75, 3.05) is 26.2 Å². The van der Waals surface area contributed by atoms with E-state index < -0.39 is 23.9 Å². The molecule has 3 N–H and O–H groups in total. The smallest absolute Gasteiger partial charge is 0.410 e. The fraction of sp³-hybridized carbons (Fsp3) is 0.423. The first kappa shape index (κ1) is 24.7. The Hall–Kier alpha value is -3.46. The second kappa shape index (κ2) is 11.3. The predicted molar refractivity (Wildman–Crippen MR) is 128 cm³/mol. The second-order valence-corrected chi connectivity index (χ2v) is 9.06. The SMILES string of the molecule is NC(=O)[C@@H](NC(=O)[C@@H]1CCCC[C@H]1N1CCN(C(=O)Oc2ccc(F)cc2)CC1)c1ccccc1. The molecule has 0 radical (unpaired) electrons. The fourth-order valence-electron chi connectivity index (χ4n) is 4.97. The summed E-state index contributed by atoms with van der Waals surface area (Å²) >= 11 is 0. The van der Waals surface area contributed by atoms with Crippen molar-refractivity contribution in [3.8, 4) is 5.75 Å². The molecule has 3 amide bonds. The standard InChI is InChI=1S/C26H31FN4O4/c27-19-10-12-20(13-11-19)35-26(34)31-16-14-30(15-17-31)22-9-5-4-8-21(22)25(33)29-23(24(28)32)18-6-2-1-3-7-18/h1-3,6-7,10-13,21-23H,4-5,8-9,14-17H2,(H2,28,32)(H,29,33)/t21-,22-,23+/m1/s1. The average Bonchev–Trinajstić information content (AvgIpc) is 2.89. The molecule has 1 aliphatic carbocycles. The number of rotatable bonds is 6. The van der Waals surface area contributed by atoms with Crippen molar-refractivity contribution >= 4 is 17.9 Å². The number of nitrogens with two attached hydrogens (primary N) is 1. The molecule has 0 spiro atoms. The molecule has 0 bridgehead atoms. The van der Waals surface area contributed by atoms with E-state index in [1.165, 1.54) is 24.3 Å². The fourth-order valence-corrected chi connectivity index (χ4v) is 4.97. The van der Waals surface area contributed by atoms with Crippen LogP contribution in [0.4, 0.5) is 9.18 Å². The van der Waals surface area contributed by atoms with E-state index >= 15 is 0 Å². The molecule has 9 heteroatoms. The lowest BCUT2D eigenvalue weighted by molar-refractivity contribution is -0.133.